The number of alkyl halides is 13. The molecule has 0 amide bonds. The number of benzene rings is 8. The first-order chi connectivity index (χ1) is 67.7. The molecule has 12 heterocycles. The molecule has 0 saturated carbocycles. The van der Waals surface area contributed by atoms with Crippen LogP contribution < -0.4 is 50.7 Å². The van der Waals surface area contributed by atoms with Gasteiger partial charge in [0.05, 0.1) is 96.3 Å². The largest absolute Gasteiger partial charge is 0.478 e. The van der Waals surface area contributed by atoms with E-state index >= 15 is 0 Å². The Hall–Kier alpha value is -16.7. The van der Waals surface area contributed by atoms with E-state index < -0.39 is 74.5 Å². The Morgan fingerprint density at radius 3 is 1.23 bits per heavy atom. The van der Waals surface area contributed by atoms with E-state index in [9.17, 15) is 76.3 Å². The van der Waals surface area contributed by atoms with Gasteiger partial charge in [0.2, 0.25) is 17.6 Å². The van der Waals surface area contributed by atoms with Crippen molar-refractivity contribution < 1.29 is 85.5 Å². The quantitative estimate of drug-likeness (QED) is 0.0401. The number of thioether (sulfide) groups is 1. The van der Waals surface area contributed by atoms with Crippen LogP contribution in [-0.4, -0.2) is 158 Å². The smallest absolute Gasteiger partial charge is 0.398 e. The van der Waals surface area contributed by atoms with Gasteiger partial charge in [-0.3, -0.25) is 33.5 Å². The molecular formula is C97H69ClF13N19O10S. The van der Waals surface area contributed by atoms with Crippen molar-refractivity contribution in [1.29, 1.82) is 0 Å². The molecule has 0 N–H and O–H groups in total. The normalized spacial score (nSPS) is 11.7. The number of fused-ring (bicyclic) bond motifs is 8. The number of hydrogen-bond acceptors (Lipinski definition) is 23. The van der Waals surface area contributed by atoms with E-state index in [1.165, 1.54) is 123 Å². The summed E-state index contributed by atoms with van der Waals surface area (Å²) in [5, 5.41) is 29.8. The average molecular weight is 1980 g/mol. The summed E-state index contributed by atoms with van der Waals surface area (Å²) < 4.78 is 203. The minimum absolute atomic E-state index is 0.0503. The van der Waals surface area contributed by atoms with Gasteiger partial charge in [-0.1, -0.05) is 78.0 Å². The second-order valence-corrected chi connectivity index (χ2v) is 32.2. The van der Waals surface area contributed by atoms with Crippen LogP contribution in [0, 0.1) is 6.92 Å². The lowest BCUT2D eigenvalue weighted by atomic mass is 10.1. The van der Waals surface area contributed by atoms with E-state index in [2.05, 4.69) is 74.7 Å². The molecule has 141 heavy (non-hydrogen) atoms. The highest BCUT2D eigenvalue weighted by atomic mass is 35.5. The molecule has 12 aromatic heterocycles. The van der Waals surface area contributed by atoms with Crippen LogP contribution >= 0.6 is 23.4 Å². The monoisotopic (exact) mass is 1970 g/mol. The summed E-state index contributed by atoms with van der Waals surface area (Å²) >= 11 is 6.55. The molecule has 44 heteroatoms. The molecule has 0 radical (unpaired) electrons. The van der Waals surface area contributed by atoms with Crippen molar-refractivity contribution in [3.63, 3.8) is 0 Å². The molecule has 0 aliphatic carbocycles. The van der Waals surface area contributed by atoms with Crippen LogP contribution in [0.4, 0.5) is 57.1 Å². The first-order valence-corrected chi connectivity index (χ1v) is 43.5. The third-order valence-corrected chi connectivity index (χ3v) is 22.7. The molecule has 0 bridgehead atoms. The third kappa shape index (κ3) is 21.5. The number of pyridine rings is 5. The minimum Gasteiger partial charge on any atom is -0.478 e. The van der Waals surface area contributed by atoms with Crippen molar-refractivity contribution in [3.05, 3.63) is 301 Å². The molecule has 20 rings (SSSR count). The van der Waals surface area contributed by atoms with Gasteiger partial charge in [0, 0.05) is 78.6 Å². The third-order valence-electron chi connectivity index (χ3n) is 21.4. The highest BCUT2D eigenvalue weighted by Gasteiger charge is 2.30. The maximum atomic E-state index is 13.8. The van der Waals surface area contributed by atoms with E-state index in [1.807, 2.05) is 76.5 Å². The van der Waals surface area contributed by atoms with Crippen molar-refractivity contribution in [1.82, 2.24) is 93.2 Å². The average Bonchev–Trinajstić information content (AvgIpc) is 1.73. The number of aromatic nitrogens is 19. The summed E-state index contributed by atoms with van der Waals surface area (Å²) in [6.45, 7) is -6.52. The lowest BCUT2D eigenvalue weighted by molar-refractivity contribution is -0.105. The zero-order valence-electron chi connectivity index (χ0n) is 73.7. The zero-order valence-corrected chi connectivity index (χ0v) is 75.2. The van der Waals surface area contributed by atoms with Crippen LogP contribution in [-0.2, 0) is 21.1 Å². The molecule has 29 nitrogen and oxygen atoms in total. The zero-order chi connectivity index (χ0) is 99.4. The molecule has 20 aromatic rings. The topological polar surface area (TPSA) is 313 Å². The highest BCUT2D eigenvalue weighted by Crippen LogP contribution is 2.37. The van der Waals surface area contributed by atoms with Gasteiger partial charge in [-0.25, -0.2) is 42.5 Å². The van der Waals surface area contributed by atoms with Gasteiger partial charge in [-0.2, -0.15) is 88.8 Å². The Morgan fingerprint density at radius 1 is 0.397 bits per heavy atom. The number of rotatable bonds is 24. The summed E-state index contributed by atoms with van der Waals surface area (Å²) in [5.41, 5.74) is 9.22. The fourth-order valence-corrected chi connectivity index (χ4v) is 15.8. The van der Waals surface area contributed by atoms with Crippen molar-refractivity contribution in [3.8, 4) is 102 Å². The Kier molecular flexibility index (Phi) is 27.8. The Bertz CT molecular complexity index is 8370. The molecule has 0 spiro atoms. The van der Waals surface area contributed by atoms with Gasteiger partial charge >= 0.3 is 26.0 Å². The van der Waals surface area contributed by atoms with Gasteiger partial charge in [0.25, 0.3) is 35.1 Å². The van der Waals surface area contributed by atoms with Gasteiger partial charge in [-0.15, -0.1) is 0 Å². The molecule has 0 atom stereocenters. The molecule has 0 fully saturated rings. The van der Waals surface area contributed by atoms with Gasteiger partial charge in [0.15, 0.2) is 13.2 Å². The molecule has 0 unspecified atom stereocenters. The first kappa shape index (κ1) is 96.0. The highest BCUT2D eigenvalue weighted by molar-refractivity contribution is 7.99. The number of ether oxygens (including phenoxy) is 6. The van der Waals surface area contributed by atoms with E-state index in [1.54, 1.807) is 112 Å². The maximum Gasteiger partial charge on any atom is 0.398 e. The minimum atomic E-state index is -4.41. The SMILES string of the molecule is CCOc1ccc2nn(-c3ccc4ncccc4c3)c(=O)c(-c3ccc(Cl)cc3)c2n1.Cc1c2cc(-n3nc4ccc(OCC(F)F)nc4c(-c4ccc(OC(F)F)cc4)c3=O)ccc2nn1C.Cn1cc2cc(-n3nc4ccc(SCC(F)(F)F)nc4c(-c4ccc(OC(F)F)cc4)c3=O)ccc2n1.Cn1cnc2ccc(-n3nc4ccc(OCC(F)F)nc4c(-c4ccc(OC(F)F)cc4)c3=O)cc21. The molecule has 0 aliphatic rings. The molecule has 0 saturated heterocycles. The lowest BCUT2D eigenvalue weighted by Crippen LogP contribution is -2.24. The van der Waals surface area contributed by atoms with Crippen molar-refractivity contribution >= 4 is 111 Å². The summed E-state index contributed by atoms with van der Waals surface area (Å²) in [4.78, 5) is 80.8. The number of hydrogen-bond donors (Lipinski definition) is 0. The number of aryl methyl sites for hydroxylation is 4. The Balaban J connectivity index is 0.000000130. The summed E-state index contributed by atoms with van der Waals surface area (Å²) in [5.74, 6) is -1.24. The van der Waals surface area contributed by atoms with Crippen molar-refractivity contribution in [2.45, 2.75) is 57.7 Å². The first-order valence-electron chi connectivity index (χ1n) is 42.2. The van der Waals surface area contributed by atoms with Crippen molar-refractivity contribution in [2.24, 2.45) is 21.1 Å². The van der Waals surface area contributed by atoms with E-state index in [0.717, 1.165) is 48.6 Å². The van der Waals surface area contributed by atoms with Crippen LogP contribution in [0.2, 0.25) is 5.02 Å². The number of halogens is 14. The van der Waals surface area contributed by atoms with Crippen molar-refractivity contribution in [2.75, 3.05) is 25.6 Å². The van der Waals surface area contributed by atoms with Crippen LogP contribution in [0.3, 0.4) is 0 Å². The maximum absolute atomic E-state index is 13.8. The second-order valence-electron chi connectivity index (χ2n) is 30.8. The Morgan fingerprint density at radius 2 is 0.787 bits per heavy atom. The lowest BCUT2D eigenvalue weighted by Gasteiger charge is -2.13. The fourth-order valence-electron chi connectivity index (χ4n) is 15.1. The molecule has 716 valence electrons. The summed E-state index contributed by atoms with van der Waals surface area (Å²) in [6, 6.07) is 60.5. The Labute approximate surface area is 793 Å². The van der Waals surface area contributed by atoms with E-state index in [0.29, 0.717) is 96.4 Å². The predicted molar refractivity (Wildman–Crippen MR) is 501 cm³/mol. The fraction of sp³-hybridized carbons (Fsp3) is 0.155. The van der Waals surface area contributed by atoms with E-state index in [-0.39, 0.29) is 89.4 Å². The van der Waals surface area contributed by atoms with E-state index in [4.69, 9.17) is 25.8 Å². The molecule has 0 aliphatic heterocycles. The second kappa shape index (κ2) is 40.9. The summed E-state index contributed by atoms with van der Waals surface area (Å²) in [6.07, 6.45) is -4.67. The van der Waals surface area contributed by atoms with Crippen LogP contribution in [0.15, 0.2) is 273 Å². The standard InChI is InChI=1S/C25H19F4N5O3.C24H17ClN4O2.C24H16F5N5O2S.C24H17F4N5O3/c1-13-17-11-15(5-8-18(17)31-33(13)2)34-24(35)22(14-3-6-16(7-4-14)37-25(28)29)23-19(32-34)9-10-21(30-23)36-12-20(26)27;1-2-31-21-12-11-20-23(27-21)22(15-5-7-17(25)8-6-15)24(30)29(28-20)18-9-10-19-16(14-18)4-3-13-26-19;1-33-11-14-10-15(4-7-17(14)31-33)34-22(35)20(13-2-5-16(6-3-13)36-23(25)26)21-18(32-34)8-9-19(30-21)37-12-24(27,28)29;1-32-12-29-16-7-4-14(10-18(16)32)33-23(34)21(13-2-5-15(6-3-13)36-24(27)28)22-17(31-33)8-9-20(30-22)35-11-19(25)26/h3-11,20,25H,12H2,1-2H3;3-14H,2H2,1H3;2-11,23H,12H2,1H3;2-10,12,19,24H,11H2,1H3. The van der Waals surface area contributed by atoms with Crippen LogP contribution in [0.1, 0.15) is 12.6 Å². The number of nitrogens with zero attached hydrogens (tertiary/aromatic N) is 19. The number of imidazole rings is 1. The molecule has 8 aromatic carbocycles. The summed E-state index contributed by atoms with van der Waals surface area (Å²) in [7, 11) is 5.39. The van der Waals surface area contributed by atoms with Crippen LogP contribution in [0.5, 0.6) is 34.9 Å². The van der Waals surface area contributed by atoms with Gasteiger partial charge in [-0.05, 0) is 194 Å². The van der Waals surface area contributed by atoms with Gasteiger partial charge < -0.3 is 33.0 Å². The van der Waals surface area contributed by atoms with Gasteiger partial charge in [0.1, 0.15) is 61.4 Å². The molecular weight excluding hydrogens is 1910 g/mol. The van der Waals surface area contributed by atoms with Crippen LogP contribution in [0.25, 0.3) is 155 Å². The predicted octanol–water partition coefficient (Wildman–Crippen LogP) is 20.1.